The van der Waals surface area contributed by atoms with Gasteiger partial charge in [-0.15, -0.1) is 0 Å². The van der Waals surface area contributed by atoms with Crippen molar-refractivity contribution in [1.29, 1.82) is 0 Å². The predicted molar refractivity (Wildman–Crippen MR) is 94.5 cm³/mol. The maximum absolute atomic E-state index is 10.4. The highest BCUT2D eigenvalue weighted by molar-refractivity contribution is 5.26. The monoisotopic (exact) mass is 315 g/mol. The summed E-state index contributed by atoms with van der Waals surface area (Å²) in [6.07, 6.45) is 1.53. The lowest BCUT2D eigenvalue weighted by Crippen LogP contribution is -2.39. The summed E-state index contributed by atoms with van der Waals surface area (Å²) in [5.41, 5.74) is 4.12. The molecule has 0 aliphatic rings. The highest BCUT2D eigenvalue weighted by atomic mass is 16.3. The van der Waals surface area contributed by atoms with E-state index in [1.54, 1.807) is 0 Å². The summed E-state index contributed by atoms with van der Waals surface area (Å²) in [6.45, 7) is 10.4. The van der Waals surface area contributed by atoms with E-state index in [-0.39, 0.29) is 0 Å². The van der Waals surface area contributed by atoms with Crippen molar-refractivity contribution in [2.24, 2.45) is 0 Å². The van der Waals surface area contributed by atoms with Gasteiger partial charge in [-0.25, -0.2) is 0 Å². The minimum Gasteiger partial charge on any atom is -0.389 e. The second-order valence-corrected chi connectivity index (χ2v) is 6.33. The van der Waals surface area contributed by atoms with Crippen molar-refractivity contribution >= 4 is 0 Å². The smallest absolute Gasteiger partial charge is 0.0766 e. The van der Waals surface area contributed by atoms with Gasteiger partial charge in [0.05, 0.1) is 17.8 Å². The first-order valence-corrected chi connectivity index (χ1v) is 8.49. The molecule has 23 heavy (non-hydrogen) atoms. The van der Waals surface area contributed by atoms with Gasteiger partial charge in [0, 0.05) is 24.3 Å². The first kappa shape index (κ1) is 17.7. The molecule has 0 saturated heterocycles. The topological polar surface area (TPSA) is 50.1 Å². The van der Waals surface area contributed by atoms with Gasteiger partial charge in [-0.2, -0.15) is 5.10 Å². The number of benzene rings is 1. The van der Waals surface area contributed by atoms with Crippen molar-refractivity contribution < 1.29 is 5.11 Å². The molecule has 2 N–H and O–H groups in total. The number of aryl methyl sites for hydroxylation is 1. The Bertz CT molecular complexity index is 615. The molecule has 4 nitrogen and oxygen atoms in total. The van der Waals surface area contributed by atoms with Crippen LogP contribution in [-0.2, 0) is 13.1 Å². The van der Waals surface area contributed by atoms with Gasteiger partial charge in [0.25, 0.3) is 0 Å². The first-order valence-electron chi connectivity index (χ1n) is 8.49. The summed E-state index contributed by atoms with van der Waals surface area (Å²) in [4.78, 5) is 0. The SMILES string of the molecule is CCC(O)(CC)CNCc1c(C)nn(Cc2ccccc2)c1C. The number of aliphatic hydroxyl groups is 1. The van der Waals surface area contributed by atoms with E-state index < -0.39 is 5.60 Å². The van der Waals surface area contributed by atoms with Crippen LogP contribution in [0.15, 0.2) is 30.3 Å². The van der Waals surface area contributed by atoms with Crippen LogP contribution in [0, 0.1) is 13.8 Å². The van der Waals surface area contributed by atoms with E-state index in [1.807, 2.05) is 19.9 Å². The molecule has 2 aromatic rings. The second-order valence-electron chi connectivity index (χ2n) is 6.33. The third-order valence-corrected chi connectivity index (χ3v) is 4.78. The Morgan fingerprint density at radius 2 is 1.78 bits per heavy atom. The summed E-state index contributed by atoms with van der Waals surface area (Å²) in [6, 6.07) is 10.4. The van der Waals surface area contributed by atoms with E-state index in [2.05, 4.69) is 53.2 Å². The molecule has 0 saturated carbocycles. The number of rotatable bonds is 8. The Balaban J connectivity index is 2.03. The summed E-state index contributed by atoms with van der Waals surface area (Å²) < 4.78 is 2.06. The van der Waals surface area contributed by atoms with E-state index in [1.165, 1.54) is 16.8 Å². The van der Waals surface area contributed by atoms with Crippen molar-refractivity contribution in [1.82, 2.24) is 15.1 Å². The van der Waals surface area contributed by atoms with Crippen LogP contribution < -0.4 is 5.32 Å². The molecule has 1 heterocycles. The van der Waals surface area contributed by atoms with Crippen molar-refractivity contribution in [2.75, 3.05) is 6.54 Å². The van der Waals surface area contributed by atoms with Gasteiger partial charge in [-0.3, -0.25) is 4.68 Å². The third kappa shape index (κ3) is 4.43. The lowest BCUT2D eigenvalue weighted by molar-refractivity contribution is 0.0323. The maximum Gasteiger partial charge on any atom is 0.0766 e. The minimum absolute atomic E-state index is 0.609. The molecule has 4 heteroatoms. The molecule has 0 aliphatic carbocycles. The summed E-state index contributed by atoms with van der Waals surface area (Å²) in [7, 11) is 0. The van der Waals surface area contributed by atoms with Crippen molar-refractivity contribution in [3.8, 4) is 0 Å². The van der Waals surface area contributed by atoms with Gasteiger partial charge >= 0.3 is 0 Å². The zero-order chi connectivity index (χ0) is 16.9. The van der Waals surface area contributed by atoms with Gasteiger partial charge in [0.2, 0.25) is 0 Å². The summed E-state index contributed by atoms with van der Waals surface area (Å²) in [5.74, 6) is 0. The minimum atomic E-state index is -0.609. The largest absolute Gasteiger partial charge is 0.389 e. The van der Waals surface area contributed by atoms with Crippen LogP contribution in [0.5, 0.6) is 0 Å². The molecule has 0 fully saturated rings. The summed E-state index contributed by atoms with van der Waals surface area (Å²) >= 11 is 0. The molecule has 1 aromatic carbocycles. The molecule has 0 spiro atoms. The highest BCUT2D eigenvalue weighted by Gasteiger charge is 2.21. The van der Waals surface area contributed by atoms with Gasteiger partial charge in [0.1, 0.15) is 0 Å². The molecule has 0 unspecified atom stereocenters. The Labute approximate surface area is 139 Å². The fourth-order valence-corrected chi connectivity index (χ4v) is 2.82. The van der Waals surface area contributed by atoms with E-state index in [9.17, 15) is 5.11 Å². The van der Waals surface area contributed by atoms with Crippen LogP contribution in [0.1, 0.15) is 49.2 Å². The Morgan fingerprint density at radius 1 is 1.13 bits per heavy atom. The van der Waals surface area contributed by atoms with Gasteiger partial charge < -0.3 is 10.4 Å². The van der Waals surface area contributed by atoms with Crippen LogP contribution in [0.25, 0.3) is 0 Å². The van der Waals surface area contributed by atoms with Crippen LogP contribution in [0.2, 0.25) is 0 Å². The quantitative estimate of drug-likeness (QED) is 0.786. The fourth-order valence-electron chi connectivity index (χ4n) is 2.82. The van der Waals surface area contributed by atoms with Crippen molar-refractivity contribution in [3.05, 3.63) is 52.8 Å². The van der Waals surface area contributed by atoms with Crippen LogP contribution >= 0.6 is 0 Å². The van der Waals surface area contributed by atoms with Gasteiger partial charge in [-0.05, 0) is 32.3 Å². The van der Waals surface area contributed by atoms with E-state index >= 15 is 0 Å². The zero-order valence-electron chi connectivity index (χ0n) is 14.8. The fraction of sp³-hybridized carbons (Fsp3) is 0.526. The highest BCUT2D eigenvalue weighted by Crippen LogP contribution is 2.16. The number of hydrogen-bond donors (Lipinski definition) is 2. The molecule has 0 bridgehead atoms. The summed E-state index contributed by atoms with van der Waals surface area (Å²) in [5, 5.41) is 18.4. The van der Waals surface area contributed by atoms with Crippen LogP contribution in [0.4, 0.5) is 0 Å². The molecule has 0 amide bonds. The molecule has 2 rings (SSSR count). The van der Waals surface area contributed by atoms with E-state index in [0.717, 1.165) is 31.6 Å². The molecular formula is C19H29N3O. The molecule has 1 aromatic heterocycles. The van der Waals surface area contributed by atoms with Gasteiger partial charge in [0.15, 0.2) is 0 Å². The van der Waals surface area contributed by atoms with Gasteiger partial charge in [-0.1, -0.05) is 44.2 Å². The molecule has 126 valence electrons. The number of nitrogens with zero attached hydrogens (tertiary/aromatic N) is 2. The van der Waals surface area contributed by atoms with Crippen LogP contribution in [0.3, 0.4) is 0 Å². The lowest BCUT2D eigenvalue weighted by atomic mass is 9.97. The Morgan fingerprint density at radius 3 is 2.39 bits per heavy atom. The molecule has 0 aliphatic heterocycles. The molecule has 0 atom stereocenters. The average Bonchev–Trinajstić information content (AvgIpc) is 2.83. The van der Waals surface area contributed by atoms with Crippen molar-refractivity contribution in [2.45, 2.75) is 59.2 Å². The molecular weight excluding hydrogens is 286 g/mol. The zero-order valence-corrected chi connectivity index (χ0v) is 14.8. The third-order valence-electron chi connectivity index (χ3n) is 4.78. The van der Waals surface area contributed by atoms with E-state index in [4.69, 9.17) is 0 Å². The normalized spacial score (nSPS) is 11.9. The Hall–Kier alpha value is -1.65. The van der Waals surface area contributed by atoms with E-state index in [0.29, 0.717) is 6.54 Å². The Kier molecular flexibility index (Phi) is 5.97. The molecule has 0 radical (unpaired) electrons. The lowest BCUT2D eigenvalue weighted by Gasteiger charge is -2.25. The standard InChI is InChI=1S/C19H29N3O/c1-5-19(23,6-2)14-20-12-18-15(3)21-22(16(18)4)13-17-10-8-7-9-11-17/h7-11,20,23H,5-6,12-14H2,1-4H3. The predicted octanol–water partition coefficient (Wildman–Crippen LogP) is 3.19. The number of aromatic nitrogens is 2. The maximum atomic E-state index is 10.4. The second kappa shape index (κ2) is 7.75. The average molecular weight is 315 g/mol. The van der Waals surface area contributed by atoms with Crippen molar-refractivity contribution in [3.63, 3.8) is 0 Å². The number of nitrogens with one attached hydrogen (secondary N) is 1. The number of hydrogen-bond acceptors (Lipinski definition) is 3. The van der Waals surface area contributed by atoms with Crippen LogP contribution in [-0.4, -0.2) is 27.0 Å². The first-order chi connectivity index (χ1) is 11.0.